The van der Waals surface area contributed by atoms with Crippen molar-refractivity contribution in [1.29, 1.82) is 0 Å². The molecular weight excluding hydrogens is 338 g/mol. The van der Waals surface area contributed by atoms with Gasteiger partial charge in [-0.1, -0.05) is 31.4 Å². The predicted octanol–water partition coefficient (Wildman–Crippen LogP) is 1.67. The number of rotatable bonds is 4. The van der Waals surface area contributed by atoms with E-state index in [4.69, 9.17) is 0 Å². The summed E-state index contributed by atoms with van der Waals surface area (Å²) in [5.74, 6) is -1.49. The van der Waals surface area contributed by atoms with Gasteiger partial charge < -0.3 is 15.4 Å². The molecular formula is C18H21N3O5. The standard InChI is InChI=1S/C18H21N3O5/c1-26-15(23)12-7-3-4-8-13(12)19-14(22)11-21-16(24)18(20-17(21)25)9-5-2-6-10-18/h3-4,7-8H,2,5-6,9-11H2,1H3,(H,19,22)(H,20,25). The number of anilines is 1. The Morgan fingerprint density at radius 1 is 1.19 bits per heavy atom. The van der Waals surface area contributed by atoms with Crippen LogP contribution in [0.15, 0.2) is 24.3 Å². The molecule has 1 aromatic carbocycles. The Bertz CT molecular complexity index is 755. The van der Waals surface area contributed by atoms with E-state index in [1.807, 2.05) is 0 Å². The molecule has 1 aliphatic carbocycles. The third-order valence-corrected chi connectivity index (χ3v) is 4.86. The Kier molecular flexibility index (Phi) is 4.92. The lowest BCUT2D eigenvalue weighted by atomic mass is 9.82. The molecule has 3 rings (SSSR count). The van der Waals surface area contributed by atoms with Crippen LogP contribution < -0.4 is 10.6 Å². The number of hydrogen-bond acceptors (Lipinski definition) is 5. The fraction of sp³-hybridized carbons (Fsp3) is 0.444. The van der Waals surface area contributed by atoms with Crippen LogP contribution in [0.4, 0.5) is 10.5 Å². The number of urea groups is 1. The van der Waals surface area contributed by atoms with Crippen molar-refractivity contribution in [2.45, 2.75) is 37.6 Å². The van der Waals surface area contributed by atoms with E-state index in [1.165, 1.54) is 13.2 Å². The number of nitrogens with zero attached hydrogens (tertiary/aromatic N) is 1. The van der Waals surface area contributed by atoms with Crippen LogP contribution in [0, 0.1) is 0 Å². The summed E-state index contributed by atoms with van der Waals surface area (Å²) in [4.78, 5) is 50.0. The summed E-state index contributed by atoms with van der Waals surface area (Å²) >= 11 is 0. The van der Waals surface area contributed by atoms with Crippen molar-refractivity contribution in [1.82, 2.24) is 10.2 Å². The second-order valence-corrected chi connectivity index (χ2v) is 6.55. The van der Waals surface area contributed by atoms with Crippen molar-refractivity contribution < 1.29 is 23.9 Å². The molecule has 4 amide bonds. The zero-order valence-corrected chi connectivity index (χ0v) is 14.5. The Morgan fingerprint density at radius 2 is 1.88 bits per heavy atom. The van der Waals surface area contributed by atoms with E-state index in [1.54, 1.807) is 18.2 Å². The van der Waals surface area contributed by atoms with E-state index >= 15 is 0 Å². The van der Waals surface area contributed by atoms with E-state index in [-0.39, 0.29) is 17.2 Å². The van der Waals surface area contributed by atoms with Gasteiger partial charge in [-0.15, -0.1) is 0 Å². The maximum Gasteiger partial charge on any atom is 0.339 e. The third kappa shape index (κ3) is 3.26. The second-order valence-electron chi connectivity index (χ2n) is 6.55. The summed E-state index contributed by atoms with van der Waals surface area (Å²) in [5, 5.41) is 5.33. The van der Waals surface area contributed by atoms with Gasteiger partial charge in [-0.25, -0.2) is 9.59 Å². The normalized spacial score (nSPS) is 18.6. The Morgan fingerprint density at radius 3 is 2.58 bits per heavy atom. The minimum atomic E-state index is -0.862. The maximum absolute atomic E-state index is 12.7. The van der Waals surface area contributed by atoms with Gasteiger partial charge in [-0.3, -0.25) is 14.5 Å². The molecule has 2 aliphatic rings. The highest BCUT2D eigenvalue weighted by atomic mass is 16.5. The van der Waals surface area contributed by atoms with Crippen LogP contribution in [-0.2, 0) is 14.3 Å². The molecule has 1 heterocycles. The highest BCUT2D eigenvalue weighted by Crippen LogP contribution is 2.33. The summed E-state index contributed by atoms with van der Waals surface area (Å²) in [6.07, 6.45) is 3.98. The first kappa shape index (κ1) is 17.9. The molecule has 0 unspecified atom stereocenters. The van der Waals surface area contributed by atoms with Crippen LogP contribution in [0.25, 0.3) is 0 Å². The van der Waals surface area contributed by atoms with E-state index in [2.05, 4.69) is 15.4 Å². The predicted molar refractivity (Wildman–Crippen MR) is 92.5 cm³/mol. The van der Waals surface area contributed by atoms with Crippen LogP contribution in [0.1, 0.15) is 42.5 Å². The number of benzene rings is 1. The molecule has 8 nitrogen and oxygen atoms in total. The van der Waals surface area contributed by atoms with Crippen LogP contribution in [0.3, 0.4) is 0 Å². The molecule has 1 aromatic rings. The van der Waals surface area contributed by atoms with Crippen LogP contribution in [0.5, 0.6) is 0 Å². The van der Waals surface area contributed by atoms with Gasteiger partial charge in [0.25, 0.3) is 5.91 Å². The van der Waals surface area contributed by atoms with Crippen molar-refractivity contribution in [3.63, 3.8) is 0 Å². The van der Waals surface area contributed by atoms with Gasteiger partial charge in [0.2, 0.25) is 5.91 Å². The van der Waals surface area contributed by atoms with Gasteiger partial charge >= 0.3 is 12.0 Å². The van der Waals surface area contributed by atoms with Gasteiger partial charge in [-0.05, 0) is 25.0 Å². The average Bonchev–Trinajstić information content (AvgIpc) is 2.86. The van der Waals surface area contributed by atoms with E-state index in [0.717, 1.165) is 24.2 Å². The smallest absolute Gasteiger partial charge is 0.339 e. The topological polar surface area (TPSA) is 105 Å². The molecule has 0 aromatic heterocycles. The largest absolute Gasteiger partial charge is 0.465 e. The van der Waals surface area contributed by atoms with Gasteiger partial charge in [0.1, 0.15) is 12.1 Å². The minimum absolute atomic E-state index is 0.198. The number of amides is 4. The molecule has 138 valence electrons. The number of imide groups is 1. The molecule has 2 fully saturated rings. The number of carbonyl (C=O) groups is 4. The molecule has 8 heteroatoms. The first-order valence-electron chi connectivity index (χ1n) is 8.58. The SMILES string of the molecule is COC(=O)c1ccccc1NC(=O)CN1C(=O)NC2(CCCCC2)C1=O. The van der Waals surface area contributed by atoms with Gasteiger partial charge in [0, 0.05) is 0 Å². The Hall–Kier alpha value is -2.90. The summed E-state index contributed by atoms with van der Waals surface area (Å²) in [6, 6.07) is 5.83. The molecule has 1 spiro atoms. The number of carbonyl (C=O) groups excluding carboxylic acids is 4. The first-order chi connectivity index (χ1) is 12.5. The number of nitrogens with one attached hydrogen (secondary N) is 2. The second kappa shape index (κ2) is 7.15. The molecule has 1 saturated carbocycles. The van der Waals surface area contributed by atoms with Gasteiger partial charge in [0.15, 0.2) is 0 Å². The molecule has 1 saturated heterocycles. The Labute approximate surface area is 150 Å². The van der Waals surface area contributed by atoms with E-state index in [0.29, 0.717) is 12.8 Å². The zero-order chi connectivity index (χ0) is 18.7. The lowest BCUT2D eigenvalue weighted by Crippen LogP contribution is -2.48. The molecule has 1 aliphatic heterocycles. The van der Waals surface area contributed by atoms with Crippen LogP contribution >= 0.6 is 0 Å². The summed E-state index contributed by atoms with van der Waals surface area (Å²) in [7, 11) is 1.25. The molecule has 2 N–H and O–H groups in total. The zero-order valence-electron chi connectivity index (χ0n) is 14.5. The fourth-order valence-corrected chi connectivity index (χ4v) is 3.53. The van der Waals surface area contributed by atoms with Crippen LogP contribution in [0.2, 0.25) is 0 Å². The van der Waals surface area contributed by atoms with Gasteiger partial charge in [0.05, 0.1) is 18.4 Å². The van der Waals surface area contributed by atoms with Crippen molar-refractivity contribution >= 4 is 29.5 Å². The lowest BCUT2D eigenvalue weighted by Gasteiger charge is -2.30. The highest BCUT2D eigenvalue weighted by Gasteiger charge is 2.51. The monoisotopic (exact) mass is 359 g/mol. The van der Waals surface area contributed by atoms with Crippen molar-refractivity contribution in [3.8, 4) is 0 Å². The average molecular weight is 359 g/mol. The number of methoxy groups -OCH3 is 1. The summed E-state index contributed by atoms with van der Waals surface area (Å²) < 4.78 is 4.68. The quantitative estimate of drug-likeness (QED) is 0.628. The fourth-order valence-electron chi connectivity index (χ4n) is 3.53. The van der Waals surface area contributed by atoms with Crippen molar-refractivity contribution in [3.05, 3.63) is 29.8 Å². The van der Waals surface area contributed by atoms with E-state index < -0.39 is 30.0 Å². The third-order valence-electron chi connectivity index (χ3n) is 4.86. The molecule has 0 bridgehead atoms. The molecule has 0 radical (unpaired) electrons. The first-order valence-corrected chi connectivity index (χ1v) is 8.58. The Balaban J connectivity index is 1.70. The molecule has 26 heavy (non-hydrogen) atoms. The van der Waals surface area contributed by atoms with Crippen LogP contribution in [-0.4, -0.2) is 47.9 Å². The van der Waals surface area contributed by atoms with E-state index in [9.17, 15) is 19.2 Å². The van der Waals surface area contributed by atoms with Crippen molar-refractivity contribution in [2.24, 2.45) is 0 Å². The minimum Gasteiger partial charge on any atom is -0.465 e. The molecule has 0 atom stereocenters. The van der Waals surface area contributed by atoms with Gasteiger partial charge in [-0.2, -0.15) is 0 Å². The summed E-state index contributed by atoms with van der Waals surface area (Å²) in [6.45, 7) is -0.401. The number of ether oxygens (including phenoxy) is 1. The summed E-state index contributed by atoms with van der Waals surface area (Å²) in [5.41, 5.74) is -0.396. The number of para-hydroxylation sites is 1. The number of esters is 1. The lowest BCUT2D eigenvalue weighted by molar-refractivity contribution is -0.134. The number of hydrogen-bond donors (Lipinski definition) is 2. The van der Waals surface area contributed by atoms with Crippen molar-refractivity contribution in [2.75, 3.05) is 19.0 Å². The highest BCUT2D eigenvalue weighted by molar-refractivity contribution is 6.10. The maximum atomic E-state index is 12.7.